The molecule has 0 bridgehead atoms. The van der Waals surface area contributed by atoms with E-state index in [9.17, 15) is 14.7 Å². The van der Waals surface area contributed by atoms with Gasteiger partial charge in [0.05, 0.1) is 28.2 Å². The zero-order chi connectivity index (χ0) is 22.1. The summed E-state index contributed by atoms with van der Waals surface area (Å²) in [5.74, 6) is -0.577. The van der Waals surface area contributed by atoms with E-state index >= 15 is 0 Å². The first-order valence-electron chi connectivity index (χ1n) is 10.1. The maximum absolute atomic E-state index is 12.8. The molecule has 9 heteroatoms. The zero-order valence-corrected chi connectivity index (χ0v) is 19.9. The molecule has 3 rings (SSSR count). The molecular weight excluding hydrogens is 436 g/mol. The van der Waals surface area contributed by atoms with E-state index in [2.05, 4.69) is 10.3 Å². The minimum atomic E-state index is -0.735. The summed E-state index contributed by atoms with van der Waals surface area (Å²) in [4.78, 5) is 32.4. The maximum atomic E-state index is 12.8. The second kappa shape index (κ2) is 10.1. The molecule has 2 heterocycles. The summed E-state index contributed by atoms with van der Waals surface area (Å²) in [6.07, 6.45) is -0.503. The average Bonchev–Trinajstić information content (AvgIpc) is 3.30. The first-order chi connectivity index (χ1) is 14.1. The number of nitrogens with one attached hydrogen (secondary N) is 1. The molecule has 1 aromatic heterocycles. The lowest BCUT2D eigenvalue weighted by molar-refractivity contribution is -0.141. The Morgan fingerprint density at radius 3 is 2.52 bits per heavy atom. The van der Waals surface area contributed by atoms with E-state index in [4.69, 9.17) is 5.73 Å². The van der Waals surface area contributed by atoms with Gasteiger partial charge in [-0.15, -0.1) is 23.7 Å². The highest BCUT2D eigenvalue weighted by Crippen LogP contribution is 2.27. The van der Waals surface area contributed by atoms with Crippen LogP contribution < -0.4 is 11.1 Å². The van der Waals surface area contributed by atoms with Gasteiger partial charge in [-0.2, -0.15) is 0 Å². The van der Waals surface area contributed by atoms with Crippen molar-refractivity contribution in [1.82, 2.24) is 15.2 Å². The second-order valence-corrected chi connectivity index (χ2v) is 9.78. The van der Waals surface area contributed by atoms with Crippen molar-refractivity contribution in [3.63, 3.8) is 0 Å². The lowest BCUT2D eigenvalue weighted by atomic mass is 9.86. The van der Waals surface area contributed by atoms with Gasteiger partial charge in [0.15, 0.2) is 0 Å². The lowest BCUT2D eigenvalue weighted by Crippen LogP contribution is -2.54. The summed E-state index contributed by atoms with van der Waals surface area (Å²) in [6, 6.07) is 6.52. The molecule has 0 aliphatic carbocycles. The third-order valence-corrected chi connectivity index (χ3v) is 6.47. The molecule has 0 saturated carbocycles. The zero-order valence-electron chi connectivity index (χ0n) is 18.3. The van der Waals surface area contributed by atoms with Gasteiger partial charge in [-0.3, -0.25) is 9.59 Å². The number of aliphatic hydroxyl groups is 1. The standard InChI is InChI=1S/C22H30N4O3S.ClH/c1-13-18(30-12-25-13)15-7-5-14(6-8-15)10-24-20(28)17-9-16(27)11-26(17)21(29)19(23)22(2,3)4;/h5-8,12,16-17,19,27H,9-11,23H2,1-4H3,(H,24,28);1H/t16-,17-,19?;/m0./s1. The molecule has 0 spiro atoms. The molecule has 1 aliphatic rings. The van der Waals surface area contributed by atoms with Gasteiger partial charge in [0.2, 0.25) is 11.8 Å². The molecule has 2 aromatic rings. The van der Waals surface area contributed by atoms with E-state index in [1.165, 1.54) is 4.90 Å². The summed E-state index contributed by atoms with van der Waals surface area (Å²) in [5, 5.41) is 13.0. The third kappa shape index (κ3) is 5.83. The molecule has 7 nitrogen and oxygen atoms in total. The second-order valence-electron chi connectivity index (χ2n) is 8.92. The van der Waals surface area contributed by atoms with Crippen LogP contribution in [0.5, 0.6) is 0 Å². The molecule has 1 fully saturated rings. The molecule has 0 radical (unpaired) electrons. The minimum absolute atomic E-state index is 0. The van der Waals surface area contributed by atoms with Gasteiger partial charge in [-0.05, 0) is 23.5 Å². The molecule has 4 N–H and O–H groups in total. The van der Waals surface area contributed by atoms with E-state index in [1.54, 1.807) is 11.3 Å². The Labute approximate surface area is 193 Å². The van der Waals surface area contributed by atoms with E-state index in [-0.39, 0.29) is 37.2 Å². The fourth-order valence-corrected chi connectivity index (χ4v) is 4.33. The van der Waals surface area contributed by atoms with Gasteiger partial charge in [0.25, 0.3) is 0 Å². The smallest absolute Gasteiger partial charge is 0.243 e. The summed E-state index contributed by atoms with van der Waals surface area (Å²) in [7, 11) is 0. The molecule has 1 aliphatic heterocycles. The Morgan fingerprint density at radius 1 is 1.32 bits per heavy atom. The van der Waals surface area contributed by atoms with Crippen LogP contribution in [-0.4, -0.2) is 51.5 Å². The number of nitrogens with two attached hydrogens (primary N) is 1. The van der Waals surface area contributed by atoms with Crippen LogP contribution in [0.2, 0.25) is 0 Å². The molecule has 3 atom stereocenters. The van der Waals surface area contributed by atoms with Crippen LogP contribution >= 0.6 is 23.7 Å². The number of nitrogens with zero attached hydrogens (tertiary/aromatic N) is 2. The van der Waals surface area contributed by atoms with E-state index < -0.39 is 23.6 Å². The number of likely N-dealkylation sites (tertiary alicyclic amines) is 1. The van der Waals surface area contributed by atoms with Gasteiger partial charge in [-0.25, -0.2) is 4.98 Å². The quantitative estimate of drug-likeness (QED) is 0.627. The number of β-amino-alcohol motifs (C(OH)–C–C–N with tert-alkyl or cyclic N) is 1. The van der Waals surface area contributed by atoms with Crippen molar-refractivity contribution in [3.8, 4) is 10.4 Å². The van der Waals surface area contributed by atoms with E-state index in [0.717, 1.165) is 21.7 Å². The predicted molar refractivity (Wildman–Crippen MR) is 125 cm³/mol. The molecule has 2 amide bonds. The number of halogens is 1. The third-order valence-electron chi connectivity index (χ3n) is 5.49. The fourth-order valence-electron chi connectivity index (χ4n) is 3.51. The number of amides is 2. The van der Waals surface area contributed by atoms with Crippen LogP contribution in [0.25, 0.3) is 10.4 Å². The number of carbonyl (C=O) groups excluding carboxylic acids is 2. The average molecular weight is 467 g/mol. The van der Waals surface area contributed by atoms with Crippen LogP contribution in [-0.2, 0) is 16.1 Å². The molecule has 1 aromatic carbocycles. The van der Waals surface area contributed by atoms with Crippen molar-refractivity contribution in [3.05, 3.63) is 41.0 Å². The number of thiazole rings is 1. The first kappa shape index (κ1) is 25.3. The van der Waals surface area contributed by atoms with Crippen molar-refractivity contribution in [2.45, 2.75) is 58.8 Å². The summed E-state index contributed by atoms with van der Waals surface area (Å²) < 4.78 is 0. The lowest BCUT2D eigenvalue weighted by Gasteiger charge is -2.32. The normalized spacial score (nSPS) is 19.6. The largest absolute Gasteiger partial charge is 0.391 e. The first-order valence-corrected chi connectivity index (χ1v) is 11.0. The molecule has 1 unspecified atom stereocenters. The summed E-state index contributed by atoms with van der Waals surface area (Å²) in [6.45, 7) is 8.11. The van der Waals surface area contributed by atoms with Crippen molar-refractivity contribution >= 4 is 35.6 Å². The van der Waals surface area contributed by atoms with Crippen molar-refractivity contribution < 1.29 is 14.7 Å². The minimum Gasteiger partial charge on any atom is -0.391 e. The predicted octanol–water partition coefficient (Wildman–Crippen LogP) is 2.49. The number of aliphatic hydroxyl groups excluding tert-OH is 1. The summed E-state index contributed by atoms with van der Waals surface area (Å²) in [5.41, 5.74) is 10.6. The number of benzene rings is 1. The number of rotatable bonds is 5. The van der Waals surface area contributed by atoms with Gasteiger partial charge in [0.1, 0.15) is 6.04 Å². The Kier molecular flexibility index (Phi) is 8.21. The van der Waals surface area contributed by atoms with Gasteiger partial charge < -0.3 is 21.1 Å². The number of aromatic nitrogens is 1. The molecule has 31 heavy (non-hydrogen) atoms. The highest BCUT2D eigenvalue weighted by Gasteiger charge is 2.42. The van der Waals surface area contributed by atoms with Gasteiger partial charge >= 0.3 is 0 Å². The van der Waals surface area contributed by atoms with Crippen molar-refractivity contribution in [2.75, 3.05) is 6.54 Å². The van der Waals surface area contributed by atoms with Crippen LogP contribution in [0.15, 0.2) is 29.8 Å². The van der Waals surface area contributed by atoms with Crippen molar-refractivity contribution in [2.24, 2.45) is 11.1 Å². The summed E-state index contributed by atoms with van der Waals surface area (Å²) >= 11 is 1.60. The molecular formula is C22H31ClN4O3S. The Hall–Kier alpha value is -2.00. The number of aryl methyl sites for hydroxylation is 1. The van der Waals surface area contributed by atoms with Gasteiger partial charge in [0, 0.05) is 19.5 Å². The van der Waals surface area contributed by atoms with E-state index in [1.807, 2.05) is 57.5 Å². The highest BCUT2D eigenvalue weighted by atomic mass is 35.5. The Bertz CT molecular complexity index is 910. The topological polar surface area (TPSA) is 109 Å². The SMILES string of the molecule is Cc1ncsc1-c1ccc(CNC(=O)[C@@H]2C[C@H](O)CN2C(=O)C(N)C(C)(C)C)cc1.Cl. The molecule has 1 saturated heterocycles. The Morgan fingerprint density at radius 2 is 1.97 bits per heavy atom. The molecule has 170 valence electrons. The Balaban J connectivity index is 0.00000341. The maximum Gasteiger partial charge on any atom is 0.243 e. The van der Waals surface area contributed by atoms with Crippen LogP contribution in [0.4, 0.5) is 0 Å². The van der Waals surface area contributed by atoms with Crippen molar-refractivity contribution in [1.29, 1.82) is 0 Å². The highest BCUT2D eigenvalue weighted by molar-refractivity contribution is 7.13. The van der Waals surface area contributed by atoms with Gasteiger partial charge in [-0.1, -0.05) is 45.0 Å². The number of hydrogen-bond acceptors (Lipinski definition) is 6. The fraction of sp³-hybridized carbons (Fsp3) is 0.500. The van der Waals surface area contributed by atoms with Crippen LogP contribution in [0.3, 0.4) is 0 Å². The number of carbonyl (C=O) groups is 2. The monoisotopic (exact) mass is 466 g/mol. The van der Waals surface area contributed by atoms with Crippen LogP contribution in [0.1, 0.15) is 38.4 Å². The van der Waals surface area contributed by atoms with Crippen LogP contribution in [0, 0.1) is 12.3 Å². The number of hydrogen-bond donors (Lipinski definition) is 3. The van der Waals surface area contributed by atoms with E-state index in [0.29, 0.717) is 6.54 Å².